The maximum absolute atomic E-state index is 12.0. The third-order valence-corrected chi connectivity index (χ3v) is 6.30. The van der Waals surface area contributed by atoms with Crippen LogP contribution in [0.2, 0.25) is 0 Å². The smallest absolute Gasteiger partial charge is 0.184 e. The number of aromatic nitrogens is 1. The fourth-order valence-electron chi connectivity index (χ4n) is 2.10. The summed E-state index contributed by atoms with van der Waals surface area (Å²) in [4.78, 5) is 0.182. The van der Waals surface area contributed by atoms with Gasteiger partial charge in [-0.1, -0.05) is 13.3 Å². The van der Waals surface area contributed by atoms with Gasteiger partial charge in [-0.15, -0.1) is 0 Å². The Bertz CT molecular complexity index is 520. The van der Waals surface area contributed by atoms with E-state index in [0.717, 1.165) is 11.5 Å². The second kappa shape index (κ2) is 5.05. The molecule has 0 spiro atoms. The van der Waals surface area contributed by atoms with Crippen molar-refractivity contribution in [2.75, 3.05) is 16.8 Å². The summed E-state index contributed by atoms with van der Waals surface area (Å²) >= 11 is 1.13. The molecule has 0 saturated heterocycles. The molecular formula is C11H19N3O2S2. The molecule has 1 atom stereocenters. The van der Waals surface area contributed by atoms with Gasteiger partial charge in [-0.2, -0.15) is 4.37 Å². The van der Waals surface area contributed by atoms with Crippen molar-refractivity contribution in [1.29, 1.82) is 0 Å². The minimum absolute atomic E-state index is 0.0438. The summed E-state index contributed by atoms with van der Waals surface area (Å²) in [6.07, 6.45) is 3.68. The van der Waals surface area contributed by atoms with Crippen LogP contribution in [0.4, 0.5) is 10.8 Å². The summed E-state index contributed by atoms with van der Waals surface area (Å²) in [6.45, 7) is 3.70. The van der Waals surface area contributed by atoms with E-state index < -0.39 is 9.84 Å². The Morgan fingerprint density at radius 2 is 2.22 bits per heavy atom. The predicted molar refractivity (Wildman–Crippen MR) is 74.7 cm³/mol. The Morgan fingerprint density at radius 1 is 1.56 bits per heavy atom. The van der Waals surface area contributed by atoms with Crippen LogP contribution in [0.25, 0.3) is 0 Å². The molecule has 0 aliphatic heterocycles. The Morgan fingerprint density at radius 3 is 2.72 bits per heavy atom. The molecular weight excluding hydrogens is 270 g/mol. The third-order valence-electron chi connectivity index (χ3n) is 3.58. The number of nitrogens with zero attached hydrogens (tertiary/aromatic N) is 1. The van der Waals surface area contributed by atoms with Gasteiger partial charge in [-0.3, -0.25) is 0 Å². The van der Waals surface area contributed by atoms with E-state index in [2.05, 4.69) is 16.6 Å². The van der Waals surface area contributed by atoms with E-state index in [1.807, 2.05) is 0 Å². The first-order valence-corrected chi connectivity index (χ1v) is 8.62. The fraction of sp³-hybridized carbons (Fsp3) is 0.727. The molecule has 3 N–H and O–H groups in total. The van der Waals surface area contributed by atoms with Crippen molar-refractivity contribution in [3.63, 3.8) is 0 Å². The predicted octanol–water partition coefficient (Wildman–Crippen LogP) is 2.12. The maximum atomic E-state index is 12.0. The Labute approximate surface area is 112 Å². The fourth-order valence-corrected chi connectivity index (χ4v) is 4.35. The molecule has 0 aromatic carbocycles. The quantitative estimate of drug-likeness (QED) is 0.867. The van der Waals surface area contributed by atoms with Gasteiger partial charge in [0.15, 0.2) is 15.7 Å². The van der Waals surface area contributed by atoms with Crippen molar-refractivity contribution in [3.8, 4) is 0 Å². The first kappa shape index (κ1) is 13.6. The van der Waals surface area contributed by atoms with Crippen LogP contribution in [-0.4, -0.2) is 24.6 Å². The topological polar surface area (TPSA) is 85.1 Å². The minimum Gasteiger partial charge on any atom is -0.382 e. The highest BCUT2D eigenvalue weighted by atomic mass is 32.2. The van der Waals surface area contributed by atoms with Gasteiger partial charge in [-0.05, 0) is 37.2 Å². The van der Waals surface area contributed by atoms with Crippen LogP contribution >= 0.6 is 11.5 Å². The van der Waals surface area contributed by atoms with Crippen molar-refractivity contribution in [2.45, 2.75) is 44.0 Å². The van der Waals surface area contributed by atoms with E-state index in [1.165, 1.54) is 19.3 Å². The van der Waals surface area contributed by atoms with Gasteiger partial charge in [0.05, 0.1) is 5.75 Å². The van der Waals surface area contributed by atoms with Gasteiger partial charge in [0.1, 0.15) is 9.90 Å². The maximum Gasteiger partial charge on any atom is 0.184 e. The van der Waals surface area contributed by atoms with Crippen LogP contribution in [-0.2, 0) is 9.84 Å². The highest BCUT2D eigenvalue weighted by Crippen LogP contribution is 2.36. The number of rotatable bonds is 5. The second-order valence-electron chi connectivity index (χ2n) is 4.75. The highest BCUT2D eigenvalue weighted by Gasteiger charge is 2.28. The largest absolute Gasteiger partial charge is 0.382 e. The van der Waals surface area contributed by atoms with Crippen molar-refractivity contribution in [3.05, 3.63) is 0 Å². The van der Waals surface area contributed by atoms with E-state index >= 15 is 0 Å². The SMILES string of the molecule is CCS(=O)(=O)c1c(N)nsc1NC(C)C1CCC1. The molecule has 1 aliphatic rings. The molecule has 1 aliphatic carbocycles. The number of hydrogen-bond donors (Lipinski definition) is 2. The molecule has 18 heavy (non-hydrogen) atoms. The lowest BCUT2D eigenvalue weighted by molar-refractivity contribution is 0.285. The molecule has 0 radical (unpaired) electrons. The summed E-state index contributed by atoms with van der Waals surface area (Å²) < 4.78 is 27.9. The van der Waals surface area contributed by atoms with E-state index in [1.54, 1.807) is 6.92 Å². The number of sulfone groups is 1. The van der Waals surface area contributed by atoms with E-state index in [0.29, 0.717) is 10.9 Å². The molecule has 0 bridgehead atoms. The van der Waals surface area contributed by atoms with Crippen LogP contribution in [0.15, 0.2) is 4.90 Å². The lowest BCUT2D eigenvalue weighted by atomic mass is 9.80. The van der Waals surface area contributed by atoms with Crippen LogP contribution in [0.5, 0.6) is 0 Å². The van der Waals surface area contributed by atoms with Gasteiger partial charge in [0.25, 0.3) is 0 Å². The molecule has 1 unspecified atom stereocenters. The molecule has 1 aromatic heterocycles. The third kappa shape index (κ3) is 2.47. The van der Waals surface area contributed by atoms with Crippen molar-refractivity contribution in [1.82, 2.24) is 4.37 Å². The van der Waals surface area contributed by atoms with Gasteiger partial charge in [0.2, 0.25) is 0 Å². The summed E-state index contributed by atoms with van der Waals surface area (Å²) in [5.41, 5.74) is 5.68. The van der Waals surface area contributed by atoms with Crippen LogP contribution in [0, 0.1) is 5.92 Å². The zero-order valence-corrected chi connectivity index (χ0v) is 12.3. The Hall–Kier alpha value is -0.820. The monoisotopic (exact) mass is 289 g/mol. The van der Waals surface area contributed by atoms with Crippen molar-refractivity contribution in [2.24, 2.45) is 5.92 Å². The van der Waals surface area contributed by atoms with Gasteiger partial charge >= 0.3 is 0 Å². The van der Waals surface area contributed by atoms with Gasteiger partial charge in [-0.25, -0.2) is 8.42 Å². The molecule has 1 aromatic rings. The van der Waals surface area contributed by atoms with E-state index in [9.17, 15) is 8.42 Å². The number of anilines is 2. The number of nitrogens with one attached hydrogen (secondary N) is 1. The average Bonchev–Trinajstić information content (AvgIpc) is 2.57. The minimum atomic E-state index is -3.32. The molecule has 102 valence electrons. The Balaban J connectivity index is 2.23. The summed E-state index contributed by atoms with van der Waals surface area (Å²) in [7, 11) is -3.32. The number of hydrogen-bond acceptors (Lipinski definition) is 6. The molecule has 1 fully saturated rings. The molecule has 0 amide bonds. The molecule has 5 nitrogen and oxygen atoms in total. The zero-order chi connectivity index (χ0) is 13.3. The van der Waals surface area contributed by atoms with Crippen LogP contribution < -0.4 is 11.1 Å². The Kier molecular flexibility index (Phi) is 3.82. The molecule has 2 rings (SSSR count). The summed E-state index contributed by atoms with van der Waals surface area (Å²) in [6, 6.07) is 0.268. The number of nitrogens with two attached hydrogens (primary N) is 1. The molecule has 7 heteroatoms. The lowest BCUT2D eigenvalue weighted by Crippen LogP contribution is -2.31. The van der Waals surface area contributed by atoms with Crippen molar-refractivity contribution >= 4 is 32.2 Å². The van der Waals surface area contributed by atoms with Crippen molar-refractivity contribution < 1.29 is 8.42 Å². The van der Waals surface area contributed by atoms with Gasteiger partial charge in [0, 0.05) is 6.04 Å². The van der Waals surface area contributed by atoms with E-state index in [-0.39, 0.29) is 22.5 Å². The lowest BCUT2D eigenvalue weighted by Gasteiger charge is -2.32. The zero-order valence-electron chi connectivity index (χ0n) is 10.6. The molecule has 1 heterocycles. The van der Waals surface area contributed by atoms with Crippen LogP contribution in [0.3, 0.4) is 0 Å². The summed E-state index contributed by atoms with van der Waals surface area (Å²) in [5, 5.41) is 3.86. The standard InChI is InChI=1S/C11H19N3O2S2/c1-3-18(15,16)9-10(12)14-17-11(9)13-7(2)8-5-4-6-8/h7-8,13H,3-6H2,1-2H3,(H2,12,14). The van der Waals surface area contributed by atoms with E-state index in [4.69, 9.17) is 5.73 Å². The molecule has 1 saturated carbocycles. The van der Waals surface area contributed by atoms with Crippen LogP contribution in [0.1, 0.15) is 33.1 Å². The average molecular weight is 289 g/mol. The highest BCUT2D eigenvalue weighted by molar-refractivity contribution is 7.91. The number of nitrogen functional groups attached to an aromatic ring is 1. The summed E-state index contributed by atoms with van der Waals surface area (Å²) in [5.74, 6) is 0.790. The second-order valence-corrected chi connectivity index (χ2v) is 7.74. The first-order valence-electron chi connectivity index (χ1n) is 6.20. The first-order chi connectivity index (χ1) is 8.45. The van der Waals surface area contributed by atoms with Gasteiger partial charge < -0.3 is 11.1 Å². The normalized spacial score (nSPS) is 18.3.